The summed E-state index contributed by atoms with van der Waals surface area (Å²) in [6.07, 6.45) is 0. The molecule has 0 saturated heterocycles. The van der Waals surface area contributed by atoms with Crippen molar-refractivity contribution in [1.29, 1.82) is 0 Å². The van der Waals surface area contributed by atoms with Crippen LogP contribution in [-0.4, -0.2) is 4.57 Å². The molecule has 22 heavy (non-hydrogen) atoms. The number of halogens is 3. The van der Waals surface area contributed by atoms with E-state index < -0.39 is 5.82 Å². The van der Waals surface area contributed by atoms with Gasteiger partial charge in [-0.25, -0.2) is 4.39 Å². The highest BCUT2D eigenvalue weighted by Gasteiger charge is 2.16. The molecule has 0 aliphatic carbocycles. The Hall–Kier alpha value is -1.84. The Morgan fingerprint density at radius 3 is 2.00 bits per heavy atom. The Morgan fingerprint density at radius 1 is 0.864 bits per heavy atom. The first kappa shape index (κ1) is 13.8. The molecule has 0 aliphatic heterocycles. The van der Waals surface area contributed by atoms with Crippen LogP contribution in [0.25, 0.3) is 27.5 Å². The molecule has 4 rings (SSSR count). The Morgan fingerprint density at radius 2 is 1.41 bits per heavy atom. The molecular weight excluding hydrogens is 365 g/mol. The van der Waals surface area contributed by atoms with Crippen molar-refractivity contribution in [2.24, 2.45) is 0 Å². The highest BCUT2D eigenvalue weighted by atomic mass is 79.9. The fourth-order valence-corrected chi connectivity index (χ4v) is 3.50. The first-order valence-corrected chi connectivity index (χ1v) is 7.97. The molecule has 4 heteroatoms. The molecule has 108 valence electrons. The molecule has 0 bridgehead atoms. The average molecular weight is 375 g/mol. The van der Waals surface area contributed by atoms with Gasteiger partial charge in [-0.05, 0) is 24.3 Å². The average Bonchev–Trinajstić information content (AvgIpc) is 2.85. The van der Waals surface area contributed by atoms with Gasteiger partial charge in [0.1, 0.15) is 10.8 Å². The second-order valence-electron chi connectivity index (χ2n) is 5.09. The second kappa shape index (κ2) is 5.11. The van der Waals surface area contributed by atoms with Gasteiger partial charge in [-0.3, -0.25) is 0 Å². The normalized spacial score (nSPS) is 11.4. The maximum Gasteiger partial charge on any atom is 0.145 e. The molecule has 0 aliphatic rings. The maximum atomic E-state index is 14.1. The van der Waals surface area contributed by atoms with Crippen molar-refractivity contribution in [2.45, 2.75) is 0 Å². The summed E-state index contributed by atoms with van der Waals surface area (Å²) >= 11 is 9.59. The number of benzene rings is 3. The van der Waals surface area contributed by atoms with Crippen LogP contribution >= 0.6 is 27.5 Å². The van der Waals surface area contributed by atoms with Crippen LogP contribution in [0.4, 0.5) is 4.39 Å². The lowest BCUT2D eigenvalue weighted by molar-refractivity contribution is 0.626. The molecule has 0 saturated carbocycles. The molecule has 0 radical (unpaired) electrons. The summed E-state index contributed by atoms with van der Waals surface area (Å²) < 4.78 is 16.7. The second-order valence-corrected chi connectivity index (χ2v) is 6.38. The first-order valence-electron chi connectivity index (χ1n) is 6.80. The van der Waals surface area contributed by atoms with E-state index in [-0.39, 0.29) is 5.02 Å². The van der Waals surface area contributed by atoms with Gasteiger partial charge < -0.3 is 4.57 Å². The number of aromatic nitrogens is 1. The zero-order valence-electron chi connectivity index (χ0n) is 11.4. The number of fused-ring (bicyclic) bond motifs is 3. The van der Waals surface area contributed by atoms with Crippen LogP contribution in [0.2, 0.25) is 5.02 Å². The van der Waals surface area contributed by atoms with Gasteiger partial charge in [-0.1, -0.05) is 63.9 Å². The molecule has 0 fully saturated rings. The Bertz CT molecular complexity index is 969. The zero-order valence-corrected chi connectivity index (χ0v) is 13.7. The highest BCUT2D eigenvalue weighted by Crippen LogP contribution is 2.36. The molecule has 0 amide bonds. The van der Waals surface area contributed by atoms with E-state index >= 15 is 0 Å². The van der Waals surface area contributed by atoms with E-state index in [9.17, 15) is 4.39 Å². The largest absolute Gasteiger partial charge is 0.308 e. The monoisotopic (exact) mass is 373 g/mol. The fraction of sp³-hybridized carbons (Fsp3) is 0. The minimum atomic E-state index is -0.437. The molecule has 4 aromatic rings. The van der Waals surface area contributed by atoms with Crippen LogP contribution in [0.5, 0.6) is 0 Å². The predicted molar refractivity (Wildman–Crippen MR) is 93.4 cm³/mol. The van der Waals surface area contributed by atoms with E-state index in [1.54, 1.807) is 0 Å². The van der Waals surface area contributed by atoms with Crippen molar-refractivity contribution < 1.29 is 4.39 Å². The summed E-state index contributed by atoms with van der Waals surface area (Å²) in [5.74, 6) is -0.437. The summed E-state index contributed by atoms with van der Waals surface area (Å²) in [4.78, 5) is 0. The van der Waals surface area contributed by atoms with E-state index in [4.69, 9.17) is 11.6 Å². The number of hydrogen-bond acceptors (Lipinski definition) is 0. The van der Waals surface area contributed by atoms with E-state index in [1.165, 1.54) is 6.07 Å². The van der Waals surface area contributed by atoms with Crippen LogP contribution < -0.4 is 0 Å². The van der Waals surface area contributed by atoms with E-state index in [1.807, 2.05) is 47.0 Å². The minimum absolute atomic E-state index is 0.120. The van der Waals surface area contributed by atoms with Crippen molar-refractivity contribution in [3.63, 3.8) is 0 Å². The summed E-state index contributed by atoms with van der Waals surface area (Å²) in [5, 5.41) is 2.36. The third kappa shape index (κ3) is 1.97. The molecule has 0 atom stereocenters. The van der Waals surface area contributed by atoms with Gasteiger partial charge in [-0.15, -0.1) is 0 Å². The third-order valence-electron chi connectivity index (χ3n) is 3.79. The summed E-state index contributed by atoms with van der Waals surface area (Å²) in [5.41, 5.74) is 2.64. The molecule has 0 spiro atoms. The fourth-order valence-electron chi connectivity index (χ4n) is 2.89. The molecule has 3 aromatic carbocycles. The standard InChI is InChI=1S/C18H10BrClFN/c19-11-9-14(21)18(20)17(10-11)22-15-7-3-1-5-12(15)13-6-2-4-8-16(13)22/h1-10H. The van der Waals surface area contributed by atoms with Gasteiger partial charge in [0.2, 0.25) is 0 Å². The topological polar surface area (TPSA) is 4.93 Å². The van der Waals surface area contributed by atoms with Crippen LogP contribution in [0.15, 0.2) is 65.1 Å². The van der Waals surface area contributed by atoms with Gasteiger partial charge in [0.05, 0.1) is 16.7 Å². The van der Waals surface area contributed by atoms with Crippen molar-refractivity contribution in [2.75, 3.05) is 0 Å². The lowest BCUT2D eigenvalue weighted by atomic mass is 10.2. The first-order chi connectivity index (χ1) is 10.7. The zero-order chi connectivity index (χ0) is 15.3. The molecule has 1 heterocycles. The Kier molecular flexibility index (Phi) is 3.21. The van der Waals surface area contributed by atoms with E-state index in [2.05, 4.69) is 28.1 Å². The van der Waals surface area contributed by atoms with Gasteiger partial charge in [-0.2, -0.15) is 0 Å². The molecule has 0 unspecified atom stereocenters. The van der Waals surface area contributed by atoms with E-state index in [0.29, 0.717) is 10.2 Å². The van der Waals surface area contributed by atoms with Gasteiger partial charge in [0.25, 0.3) is 0 Å². The Labute approximate surface area is 140 Å². The summed E-state index contributed by atoms with van der Waals surface area (Å²) in [7, 11) is 0. The van der Waals surface area contributed by atoms with Crippen molar-refractivity contribution in [3.05, 3.63) is 76.0 Å². The SMILES string of the molecule is Fc1cc(Br)cc(-n2c3ccccc3c3ccccc32)c1Cl. The predicted octanol–water partition coefficient (Wildman–Crippen LogP) is 6.34. The highest BCUT2D eigenvalue weighted by molar-refractivity contribution is 9.10. The lowest BCUT2D eigenvalue weighted by Gasteiger charge is -2.11. The quantitative estimate of drug-likeness (QED) is 0.343. The van der Waals surface area contributed by atoms with Crippen LogP contribution in [0.1, 0.15) is 0 Å². The number of rotatable bonds is 1. The third-order valence-corrected chi connectivity index (χ3v) is 4.63. The van der Waals surface area contributed by atoms with Gasteiger partial charge >= 0.3 is 0 Å². The molecule has 1 nitrogen and oxygen atoms in total. The molecule has 0 N–H and O–H groups in total. The van der Waals surface area contributed by atoms with Crippen molar-refractivity contribution in [1.82, 2.24) is 4.57 Å². The molecule has 1 aromatic heterocycles. The van der Waals surface area contributed by atoms with Gasteiger partial charge in [0, 0.05) is 15.2 Å². The van der Waals surface area contributed by atoms with Crippen molar-refractivity contribution >= 4 is 49.3 Å². The van der Waals surface area contributed by atoms with Crippen LogP contribution in [0.3, 0.4) is 0 Å². The number of nitrogens with zero attached hydrogens (tertiary/aromatic N) is 1. The maximum absolute atomic E-state index is 14.1. The Balaban J connectivity index is 2.23. The lowest BCUT2D eigenvalue weighted by Crippen LogP contribution is -1.97. The summed E-state index contributed by atoms with van der Waals surface area (Å²) in [6.45, 7) is 0. The van der Waals surface area contributed by atoms with Crippen LogP contribution in [0, 0.1) is 5.82 Å². The van der Waals surface area contributed by atoms with Crippen molar-refractivity contribution in [3.8, 4) is 5.69 Å². The van der Waals surface area contributed by atoms with Gasteiger partial charge in [0.15, 0.2) is 0 Å². The number of hydrogen-bond donors (Lipinski definition) is 0. The molecular formula is C18H10BrClFN. The number of para-hydroxylation sites is 2. The summed E-state index contributed by atoms with van der Waals surface area (Å²) in [6, 6.07) is 19.3. The minimum Gasteiger partial charge on any atom is -0.308 e. The smallest absolute Gasteiger partial charge is 0.145 e. The van der Waals surface area contributed by atoms with Crippen LogP contribution in [-0.2, 0) is 0 Å². The van der Waals surface area contributed by atoms with E-state index in [0.717, 1.165) is 21.8 Å².